The Hall–Kier alpha value is -1.81. The standard InChI is InChI=1S/C13H20N6O2S2/c1-4-5-6-19-10(14)9(11(20)15-12(19)21)18(2)7-8-16-17-13(22-3)23-8/h4-7,14H2,1-3H3,(H,15,20,21). The van der Waals surface area contributed by atoms with Gasteiger partial charge in [0.2, 0.25) is 0 Å². The fourth-order valence-electron chi connectivity index (χ4n) is 2.15. The van der Waals surface area contributed by atoms with E-state index in [1.807, 2.05) is 13.2 Å². The van der Waals surface area contributed by atoms with Crippen molar-refractivity contribution in [1.82, 2.24) is 19.7 Å². The Bertz CT molecular complexity index is 782. The summed E-state index contributed by atoms with van der Waals surface area (Å²) in [5.74, 6) is 0.185. The second-order valence-electron chi connectivity index (χ2n) is 5.02. The van der Waals surface area contributed by atoms with Gasteiger partial charge in [-0.05, 0) is 12.7 Å². The lowest BCUT2D eigenvalue weighted by Gasteiger charge is -2.20. The van der Waals surface area contributed by atoms with Crippen LogP contribution >= 0.6 is 23.1 Å². The molecule has 0 aliphatic carbocycles. The smallest absolute Gasteiger partial charge is 0.330 e. The summed E-state index contributed by atoms with van der Waals surface area (Å²) in [7, 11) is 1.75. The Labute approximate surface area is 141 Å². The Balaban J connectivity index is 2.33. The number of aromatic nitrogens is 4. The first-order valence-electron chi connectivity index (χ1n) is 7.18. The molecule has 0 unspecified atom stereocenters. The van der Waals surface area contributed by atoms with E-state index in [1.165, 1.54) is 27.7 Å². The molecule has 8 nitrogen and oxygen atoms in total. The third-order valence-corrected chi connectivity index (χ3v) is 5.21. The van der Waals surface area contributed by atoms with E-state index in [0.717, 1.165) is 22.2 Å². The van der Waals surface area contributed by atoms with E-state index >= 15 is 0 Å². The molecule has 126 valence electrons. The number of thioether (sulfide) groups is 1. The second-order valence-corrected chi connectivity index (χ2v) is 7.14. The van der Waals surface area contributed by atoms with Gasteiger partial charge in [0.15, 0.2) is 4.34 Å². The van der Waals surface area contributed by atoms with Crippen LogP contribution < -0.4 is 21.9 Å². The van der Waals surface area contributed by atoms with Crippen LogP contribution in [0.2, 0.25) is 0 Å². The van der Waals surface area contributed by atoms with Crippen molar-refractivity contribution >= 4 is 34.6 Å². The van der Waals surface area contributed by atoms with E-state index in [-0.39, 0.29) is 11.5 Å². The van der Waals surface area contributed by atoms with Crippen LogP contribution in [0.4, 0.5) is 11.5 Å². The van der Waals surface area contributed by atoms with E-state index in [2.05, 4.69) is 15.2 Å². The summed E-state index contributed by atoms with van der Waals surface area (Å²) in [5.41, 5.74) is 5.39. The molecule has 0 aliphatic rings. The summed E-state index contributed by atoms with van der Waals surface area (Å²) < 4.78 is 2.27. The molecule has 0 saturated heterocycles. The molecule has 0 spiro atoms. The third kappa shape index (κ3) is 3.94. The van der Waals surface area contributed by atoms with Gasteiger partial charge in [0, 0.05) is 13.6 Å². The highest BCUT2D eigenvalue weighted by atomic mass is 32.2. The average molecular weight is 356 g/mol. The van der Waals surface area contributed by atoms with Gasteiger partial charge in [0.25, 0.3) is 5.56 Å². The minimum atomic E-state index is -0.489. The number of unbranched alkanes of at least 4 members (excludes halogenated alkanes) is 1. The molecule has 2 aromatic rings. The maximum atomic E-state index is 12.2. The van der Waals surface area contributed by atoms with Crippen LogP contribution in [-0.2, 0) is 13.1 Å². The first kappa shape index (κ1) is 17.5. The Morgan fingerprint density at radius 2 is 2.13 bits per heavy atom. The van der Waals surface area contributed by atoms with Gasteiger partial charge in [0.1, 0.15) is 16.5 Å². The van der Waals surface area contributed by atoms with Gasteiger partial charge >= 0.3 is 5.69 Å². The lowest BCUT2D eigenvalue weighted by molar-refractivity contribution is 0.603. The van der Waals surface area contributed by atoms with Crippen LogP contribution in [0.25, 0.3) is 0 Å². The number of hydrogen-bond donors (Lipinski definition) is 2. The third-order valence-electron chi connectivity index (χ3n) is 3.33. The summed E-state index contributed by atoms with van der Waals surface area (Å²) in [5, 5.41) is 8.90. The first-order chi connectivity index (χ1) is 11.0. The maximum absolute atomic E-state index is 12.2. The van der Waals surface area contributed by atoms with E-state index < -0.39 is 11.2 Å². The van der Waals surface area contributed by atoms with Gasteiger partial charge in [-0.1, -0.05) is 36.4 Å². The lowest BCUT2D eigenvalue weighted by atomic mass is 10.3. The second kappa shape index (κ2) is 7.64. The van der Waals surface area contributed by atoms with E-state index in [9.17, 15) is 9.59 Å². The highest BCUT2D eigenvalue weighted by Crippen LogP contribution is 2.23. The van der Waals surface area contributed by atoms with Crippen LogP contribution in [0.5, 0.6) is 0 Å². The number of H-pyrrole nitrogens is 1. The van der Waals surface area contributed by atoms with E-state index in [1.54, 1.807) is 11.9 Å². The molecule has 0 aromatic carbocycles. The predicted molar refractivity (Wildman–Crippen MR) is 94.4 cm³/mol. The van der Waals surface area contributed by atoms with E-state index in [4.69, 9.17) is 5.73 Å². The molecule has 0 radical (unpaired) electrons. The van der Waals surface area contributed by atoms with Crippen molar-refractivity contribution in [1.29, 1.82) is 0 Å². The fraction of sp³-hybridized carbons (Fsp3) is 0.538. The summed E-state index contributed by atoms with van der Waals surface area (Å²) in [6.07, 6.45) is 3.67. The van der Waals surface area contributed by atoms with Crippen molar-refractivity contribution in [3.63, 3.8) is 0 Å². The van der Waals surface area contributed by atoms with Crippen LogP contribution in [-0.4, -0.2) is 33.1 Å². The number of nitrogens with zero attached hydrogens (tertiary/aromatic N) is 4. The van der Waals surface area contributed by atoms with Gasteiger partial charge < -0.3 is 10.6 Å². The van der Waals surface area contributed by atoms with Gasteiger partial charge in [-0.2, -0.15) is 0 Å². The molecule has 0 fully saturated rings. The summed E-state index contributed by atoms with van der Waals surface area (Å²) >= 11 is 2.99. The zero-order chi connectivity index (χ0) is 17.0. The van der Waals surface area contributed by atoms with Crippen molar-refractivity contribution in [3.05, 3.63) is 25.8 Å². The van der Waals surface area contributed by atoms with Gasteiger partial charge in [-0.15, -0.1) is 10.2 Å². The van der Waals surface area contributed by atoms with Crippen molar-refractivity contribution in [2.45, 2.75) is 37.2 Å². The summed E-state index contributed by atoms with van der Waals surface area (Å²) in [4.78, 5) is 28.1. The maximum Gasteiger partial charge on any atom is 0.330 e. The molecular formula is C13H20N6O2S2. The van der Waals surface area contributed by atoms with Crippen molar-refractivity contribution in [2.75, 3.05) is 23.9 Å². The highest BCUT2D eigenvalue weighted by Gasteiger charge is 2.17. The molecule has 3 N–H and O–H groups in total. The fourth-order valence-corrected chi connectivity index (χ4v) is 3.52. The van der Waals surface area contributed by atoms with Gasteiger partial charge in [0.05, 0.1) is 6.54 Å². The Morgan fingerprint density at radius 3 is 2.74 bits per heavy atom. The number of nitrogens with one attached hydrogen (secondary N) is 1. The Morgan fingerprint density at radius 1 is 1.39 bits per heavy atom. The normalized spacial score (nSPS) is 10.9. The molecule has 2 rings (SSSR count). The minimum Gasteiger partial charge on any atom is -0.383 e. The topological polar surface area (TPSA) is 110 Å². The number of nitrogens with two attached hydrogens (primary N) is 1. The quantitative estimate of drug-likeness (QED) is 0.716. The number of nitrogen functional groups attached to an aromatic ring is 1. The van der Waals surface area contributed by atoms with Crippen molar-refractivity contribution in [2.24, 2.45) is 0 Å². The van der Waals surface area contributed by atoms with Crippen molar-refractivity contribution < 1.29 is 0 Å². The molecule has 23 heavy (non-hydrogen) atoms. The SMILES string of the molecule is CCCCn1c(N)c(N(C)Cc2nnc(SC)s2)c(=O)[nH]c1=O. The van der Waals surface area contributed by atoms with Crippen LogP contribution in [0, 0.1) is 0 Å². The number of rotatable bonds is 7. The minimum absolute atomic E-state index is 0.185. The zero-order valence-electron chi connectivity index (χ0n) is 13.3. The van der Waals surface area contributed by atoms with Crippen LogP contribution in [0.15, 0.2) is 13.9 Å². The highest BCUT2D eigenvalue weighted by molar-refractivity contribution is 8.00. The molecule has 0 aliphatic heterocycles. The molecule has 0 bridgehead atoms. The molecular weight excluding hydrogens is 336 g/mol. The number of hydrogen-bond acceptors (Lipinski definition) is 8. The first-order valence-corrected chi connectivity index (χ1v) is 9.22. The van der Waals surface area contributed by atoms with Crippen LogP contribution in [0.1, 0.15) is 24.8 Å². The van der Waals surface area contributed by atoms with Gasteiger partial charge in [-0.3, -0.25) is 14.3 Å². The molecule has 0 atom stereocenters. The molecule has 2 aromatic heterocycles. The largest absolute Gasteiger partial charge is 0.383 e. The molecule has 2 heterocycles. The summed E-state index contributed by atoms with van der Waals surface area (Å²) in [6.45, 7) is 2.91. The van der Waals surface area contributed by atoms with Gasteiger partial charge in [-0.25, -0.2) is 4.79 Å². The number of aromatic amines is 1. The average Bonchev–Trinajstić information content (AvgIpc) is 2.94. The molecule has 0 amide bonds. The predicted octanol–water partition coefficient (Wildman–Crippen LogP) is 1.13. The lowest BCUT2D eigenvalue weighted by Crippen LogP contribution is -2.37. The van der Waals surface area contributed by atoms with Crippen molar-refractivity contribution in [3.8, 4) is 0 Å². The monoisotopic (exact) mass is 356 g/mol. The molecule has 0 saturated carbocycles. The number of anilines is 2. The summed E-state index contributed by atoms with van der Waals surface area (Å²) in [6, 6.07) is 0. The molecule has 10 heteroatoms. The van der Waals surface area contributed by atoms with Crippen LogP contribution in [0.3, 0.4) is 0 Å². The van der Waals surface area contributed by atoms with E-state index in [0.29, 0.717) is 13.1 Å². The zero-order valence-corrected chi connectivity index (χ0v) is 15.0. The Kier molecular flexibility index (Phi) is 5.83.